The van der Waals surface area contributed by atoms with E-state index in [1.54, 1.807) is 24.3 Å². The normalized spacial score (nSPS) is 17.2. The second kappa shape index (κ2) is 8.23. The van der Waals surface area contributed by atoms with Crippen LogP contribution in [0.25, 0.3) is 0 Å². The molecular formula is C22H24ClN3O2. The zero-order chi connectivity index (χ0) is 19.5. The quantitative estimate of drug-likeness (QED) is 0.809. The molecule has 2 N–H and O–H groups in total. The van der Waals surface area contributed by atoms with Crippen LogP contribution in [0.4, 0.5) is 5.69 Å². The van der Waals surface area contributed by atoms with Crippen LogP contribution in [0.3, 0.4) is 0 Å². The number of nitrogens with zero attached hydrogens (tertiary/aromatic N) is 1. The summed E-state index contributed by atoms with van der Waals surface area (Å²) in [6.07, 6.45) is 3.83. The van der Waals surface area contributed by atoms with Crippen LogP contribution in [0.5, 0.6) is 0 Å². The van der Waals surface area contributed by atoms with E-state index in [1.165, 1.54) is 0 Å². The summed E-state index contributed by atoms with van der Waals surface area (Å²) in [6.45, 7) is 1.60. The van der Waals surface area contributed by atoms with Crippen LogP contribution in [-0.4, -0.2) is 37.0 Å². The van der Waals surface area contributed by atoms with E-state index < -0.39 is 0 Å². The molecule has 1 heterocycles. The number of anilines is 1. The molecule has 2 amide bonds. The van der Waals surface area contributed by atoms with Gasteiger partial charge in [-0.05, 0) is 56.0 Å². The fraction of sp³-hybridized carbons (Fsp3) is 0.364. The lowest BCUT2D eigenvalue weighted by Gasteiger charge is -2.35. The maximum absolute atomic E-state index is 12.5. The van der Waals surface area contributed by atoms with Gasteiger partial charge in [0, 0.05) is 41.4 Å². The first-order chi connectivity index (χ1) is 13.6. The summed E-state index contributed by atoms with van der Waals surface area (Å²) in [5, 5.41) is 6.74. The van der Waals surface area contributed by atoms with Crippen molar-refractivity contribution in [3.8, 4) is 0 Å². The number of nitrogens with one attached hydrogen (secondary N) is 2. The molecule has 1 aliphatic heterocycles. The van der Waals surface area contributed by atoms with Gasteiger partial charge < -0.3 is 15.5 Å². The molecule has 2 aromatic carbocycles. The van der Waals surface area contributed by atoms with Crippen molar-refractivity contribution in [2.75, 3.05) is 18.0 Å². The molecule has 4 rings (SSSR count). The van der Waals surface area contributed by atoms with Crippen molar-refractivity contribution < 1.29 is 9.59 Å². The number of benzene rings is 2. The van der Waals surface area contributed by atoms with Crippen molar-refractivity contribution in [1.82, 2.24) is 10.6 Å². The first-order valence-electron chi connectivity index (χ1n) is 9.81. The van der Waals surface area contributed by atoms with Crippen LogP contribution in [0.15, 0.2) is 48.5 Å². The first kappa shape index (κ1) is 18.8. The number of carbonyl (C=O) groups excluding carboxylic acids is 2. The van der Waals surface area contributed by atoms with Crippen LogP contribution in [0.2, 0.25) is 5.02 Å². The second-order valence-corrected chi connectivity index (χ2v) is 7.95. The number of halogens is 1. The molecule has 1 saturated heterocycles. The Labute approximate surface area is 170 Å². The largest absolute Gasteiger partial charge is 0.371 e. The molecular weight excluding hydrogens is 374 g/mol. The molecule has 0 bridgehead atoms. The lowest BCUT2D eigenvalue weighted by atomic mass is 10.0. The zero-order valence-electron chi connectivity index (χ0n) is 15.7. The summed E-state index contributed by atoms with van der Waals surface area (Å²) in [4.78, 5) is 27.2. The van der Waals surface area contributed by atoms with Gasteiger partial charge in [0.15, 0.2) is 0 Å². The third-order valence-corrected chi connectivity index (χ3v) is 5.55. The van der Waals surface area contributed by atoms with Crippen molar-refractivity contribution in [3.05, 3.63) is 64.7 Å². The number of piperidine rings is 1. The standard InChI is InChI=1S/C22H24ClN3O2/c23-16-5-3-4-15(14-16)21(27)24-18-10-12-26(13-11-18)20-7-2-1-6-19(20)22(28)25-17-8-9-17/h1-7,14,17-18H,8-13H2,(H,24,27)(H,25,28). The predicted molar refractivity (Wildman–Crippen MR) is 111 cm³/mol. The number of hydrogen-bond donors (Lipinski definition) is 2. The average Bonchev–Trinajstić information content (AvgIpc) is 3.52. The zero-order valence-corrected chi connectivity index (χ0v) is 16.4. The molecule has 1 aliphatic carbocycles. The highest BCUT2D eigenvalue weighted by molar-refractivity contribution is 6.30. The first-order valence-corrected chi connectivity index (χ1v) is 10.2. The summed E-state index contributed by atoms with van der Waals surface area (Å²) in [5.41, 5.74) is 2.29. The minimum Gasteiger partial charge on any atom is -0.371 e. The molecule has 0 spiro atoms. The van der Waals surface area contributed by atoms with Gasteiger partial charge in [0.1, 0.15) is 0 Å². The lowest BCUT2D eigenvalue weighted by molar-refractivity contribution is 0.0929. The third-order valence-electron chi connectivity index (χ3n) is 5.32. The molecule has 28 heavy (non-hydrogen) atoms. The second-order valence-electron chi connectivity index (χ2n) is 7.51. The maximum Gasteiger partial charge on any atom is 0.253 e. The molecule has 146 valence electrons. The van der Waals surface area contributed by atoms with E-state index in [0.29, 0.717) is 16.6 Å². The van der Waals surface area contributed by atoms with Gasteiger partial charge in [-0.1, -0.05) is 29.8 Å². The van der Waals surface area contributed by atoms with Crippen LogP contribution < -0.4 is 15.5 Å². The minimum absolute atomic E-state index is 0.00878. The van der Waals surface area contributed by atoms with E-state index in [1.807, 2.05) is 24.3 Å². The van der Waals surface area contributed by atoms with Gasteiger partial charge in [0.2, 0.25) is 0 Å². The Hall–Kier alpha value is -2.53. The van der Waals surface area contributed by atoms with Crippen LogP contribution in [0.1, 0.15) is 46.4 Å². The van der Waals surface area contributed by atoms with Crippen molar-refractivity contribution in [3.63, 3.8) is 0 Å². The maximum atomic E-state index is 12.5. The summed E-state index contributed by atoms with van der Waals surface area (Å²) in [6, 6.07) is 15.2. The molecule has 2 fully saturated rings. The van der Waals surface area contributed by atoms with Gasteiger partial charge in [0.25, 0.3) is 11.8 Å². The van der Waals surface area contributed by atoms with Crippen molar-refractivity contribution in [2.24, 2.45) is 0 Å². The van der Waals surface area contributed by atoms with Crippen LogP contribution in [-0.2, 0) is 0 Å². The SMILES string of the molecule is O=C(NC1CCN(c2ccccc2C(=O)NC2CC2)CC1)c1cccc(Cl)c1. The van der Waals surface area contributed by atoms with Crippen LogP contribution >= 0.6 is 11.6 Å². The van der Waals surface area contributed by atoms with E-state index in [2.05, 4.69) is 15.5 Å². The summed E-state index contributed by atoms with van der Waals surface area (Å²) in [5.74, 6) is -0.0837. The fourth-order valence-corrected chi connectivity index (χ4v) is 3.79. The molecule has 0 aromatic heterocycles. The Morgan fingerprint density at radius 3 is 2.25 bits per heavy atom. The van der Waals surface area contributed by atoms with Gasteiger partial charge in [-0.3, -0.25) is 9.59 Å². The minimum atomic E-state index is -0.0924. The Kier molecular flexibility index (Phi) is 5.53. The number of carbonyl (C=O) groups is 2. The molecule has 0 radical (unpaired) electrons. The van der Waals surface area contributed by atoms with Crippen molar-refractivity contribution >= 4 is 29.1 Å². The van der Waals surface area contributed by atoms with Crippen molar-refractivity contribution in [1.29, 1.82) is 0 Å². The van der Waals surface area contributed by atoms with E-state index in [-0.39, 0.29) is 17.9 Å². The Balaban J connectivity index is 1.36. The fourth-order valence-electron chi connectivity index (χ4n) is 3.60. The summed E-state index contributed by atoms with van der Waals surface area (Å²) >= 11 is 5.97. The van der Waals surface area contributed by atoms with E-state index in [4.69, 9.17) is 11.6 Å². The van der Waals surface area contributed by atoms with E-state index in [9.17, 15) is 9.59 Å². The number of para-hydroxylation sites is 1. The van der Waals surface area contributed by atoms with Gasteiger partial charge in [0.05, 0.1) is 5.56 Å². The van der Waals surface area contributed by atoms with E-state index in [0.717, 1.165) is 50.0 Å². The van der Waals surface area contributed by atoms with E-state index >= 15 is 0 Å². The van der Waals surface area contributed by atoms with Crippen LogP contribution in [0, 0.1) is 0 Å². The highest BCUT2D eigenvalue weighted by Gasteiger charge is 2.27. The number of amides is 2. The predicted octanol–water partition coefficient (Wildman–Crippen LogP) is 3.63. The molecule has 1 saturated carbocycles. The van der Waals surface area contributed by atoms with Crippen molar-refractivity contribution in [2.45, 2.75) is 37.8 Å². The van der Waals surface area contributed by atoms with Gasteiger partial charge in [-0.15, -0.1) is 0 Å². The average molecular weight is 398 g/mol. The monoisotopic (exact) mass is 397 g/mol. The van der Waals surface area contributed by atoms with Gasteiger partial charge >= 0.3 is 0 Å². The molecule has 0 unspecified atom stereocenters. The summed E-state index contributed by atoms with van der Waals surface area (Å²) in [7, 11) is 0. The van der Waals surface area contributed by atoms with Gasteiger partial charge in [-0.2, -0.15) is 0 Å². The third kappa shape index (κ3) is 4.47. The number of hydrogen-bond acceptors (Lipinski definition) is 3. The summed E-state index contributed by atoms with van der Waals surface area (Å²) < 4.78 is 0. The Morgan fingerprint density at radius 1 is 0.857 bits per heavy atom. The smallest absolute Gasteiger partial charge is 0.253 e. The molecule has 2 aromatic rings. The highest BCUT2D eigenvalue weighted by Crippen LogP contribution is 2.26. The Morgan fingerprint density at radius 2 is 1.54 bits per heavy atom. The lowest BCUT2D eigenvalue weighted by Crippen LogP contribution is -2.45. The molecule has 0 atom stereocenters. The Bertz CT molecular complexity index is 874. The molecule has 2 aliphatic rings. The topological polar surface area (TPSA) is 61.4 Å². The highest BCUT2D eigenvalue weighted by atomic mass is 35.5. The molecule has 5 nitrogen and oxygen atoms in total. The number of rotatable bonds is 5. The van der Waals surface area contributed by atoms with Gasteiger partial charge in [-0.25, -0.2) is 0 Å². The molecule has 6 heteroatoms.